The van der Waals surface area contributed by atoms with Gasteiger partial charge in [-0.05, 0) is 74.4 Å². The Kier molecular flexibility index (Phi) is 7.00. The van der Waals surface area contributed by atoms with Crippen LogP contribution in [0.25, 0.3) is 0 Å². The van der Waals surface area contributed by atoms with Crippen molar-refractivity contribution in [3.63, 3.8) is 0 Å². The highest BCUT2D eigenvalue weighted by Crippen LogP contribution is 2.41. The molecule has 0 heterocycles. The fourth-order valence-corrected chi connectivity index (χ4v) is 4.39. The van der Waals surface area contributed by atoms with Gasteiger partial charge in [0.15, 0.2) is 0 Å². The van der Waals surface area contributed by atoms with Gasteiger partial charge in [-0.15, -0.1) is 0 Å². The minimum Gasteiger partial charge on any atom is -0.465 e. The minimum absolute atomic E-state index is 0.0794. The Balaban J connectivity index is 1.23. The summed E-state index contributed by atoms with van der Waals surface area (Å²) in [5, 5.41) is 5.82. The molecule has 0 aliphatic heterocycles. The van der Waals surface area contributed by atoms with Crippen LogP contribution in [0.1, 0.15) is 78.2 Å². The van der Waals surface area contributed by atoms with Gasteiger partial charge in [-0.3, -0.25) is 0 Å². The van der Waals surface area contributed by atoms with E-state index in [1.807, 2.05) is 57.2 Å². The largest absolute Gasteiger partial charge is 0.465 e. The summed E-state index contributed by atoms with van der Waals surface area (Å²) in [6.45, 7) is 5.68. The summed E-state index contributed by atoms with van der Waals surface area (Å²) in [6.07, 6.45) is 1.53. The van der Waals surface area contributed by atoms with Crippen LogP contribution in [-0.4, -0.2) is 36.9 Å². The van der Waals surface area contributed by atoms with E-state index in [0.29, 0.717) is 5.56 Å². The van der Waals surface area contributed by atoms with Crippen molar-refractivity contribution in [2.45, 2.75) is 70.2 Å². The lowest BCUT2D eigenvalue weighted by Crippen LogP contribution is -2.34. The summed E-state index contributed by atoms with van der Waals surface area (Å²) >= 11 is 0. The number of hydrogen-bond donors (Lipinski definition) is 2. The number of benzene rings is 2. The van der Waals surface area contributed by atoms with Crippen molar-refractivity contribution in [3.8, 4) is 0 Å². The van der Waals surface area contributed by atoms with Gasteiger partial charge >= 0.3 is 18.2 Å². The first kappa shape index (κ1) is 24.6. The highest BCUT2D eigenvalue weighted by atomic mass is 16.6. The number of rotatable bonds is 6. The molecular formula is C27H32N2O6. The molecule has 0 saturated heterocycles. The van der Waals surface area contributed by atoms with E-state index in [9.17, 15) is 14.4 Å². The monoisotopic (exact) mass is 480 g/mol. The number of esters is 1. The topological polar surface area (TPSA) is 103 Å². The zero-order chi connectivity index (χ0) is 25.2. The molecule has 35 heavy (non-hydrogen) atoms. The molecule has 0 aromatic heterocycles. The second-order valence-electron chi connectivity index (χ2n) is 10.1. The predicted molar refractivity (Wildman–Crippen MR) is 129 cm³/mol. The zero-order valence-corrected chi connectivity index (χ0v) is 20.6. The molecule has 1 fully saturated rings. The fourth-order valence-electron chi connectivity index (χ4n) is 4.39. The van der Waals surface area contributed by atoms with E-state index in [0.717, 1.165) is 41.5 Å². The summed E-state index contributed by atoms with van der Waals surface area (Å²) in [4.78, 5) is 36.0. The third-order valence-electron chi connectivity index (χ3n) is 6.20. The molecule has 0 spiro atoms. The van der Waals surface area contributed by atoms with Crippen LogP contribution < -0.4 is 10.6 Å². The lowest BCUT2D eigenvalue weighted by molar-refractivity contribution is 0.0521. The smallest absolute Gasteiger partial charge is 0.407 e. The molecule has 0 bridgehead atoms. The summed E-state index contributed by atoms with van der Waals surface area (Å²) in [6, 6.07) is 13.2. The number of methoxy groups -OCH3 is 1. The summed E-state index contributed by atoms with van der Waals surface area (Å²) in [7, 11) is 1.36. The van der Waals surface area contributed by atoms with E-state index in [1.165, 1.54) is 7.11 Å². The van der Waals surface area contributed by atoms with E-state index in [-0.39, 0.29) is 30.6 Å². The van der Waals surface area contributed by atoms with Crippen LogP contribution in [0, 0.1) is 0 Å². The quantitative estimate of drug-likeness (QED) is 0.456. The second-order valence-corrected chi connectivity index (χ2v) is 10.1. The Bertz CT molecular complexity index is 1110. The van der Waals surface area contributed by atoms with Crippen LogP contribution in [0.4, 0.5) is 9.59 Å². The van der Waals surface area contributed by atoms with Crippen molar-refractivity contribution >= 4 is 18.2 Å². The number of alkyl carbamates (subject to hydrolysis) is 2. The number of aryl methyl sites for hydroxylation is 1. The first-order valence-corrected chi connectivity index (χ1v) is 11.9. The van der Waals surface area contributed by atoms with Gasteiger partial charge < -0.3 is 24.8 Å². The third kappa shape index (κ3) is 6.32. The number of carbonyl (C=O) groups excluding carboxylic acids is 3. The normalized spacial score (nSPS) is 20.4. The predicted octanol–water partition coefficient (Wildman–Crippen LogP) is 4.77. The Hall–Kier alpha value is -3.55. The standard InChI is InChI=1S/C27H32N2O6/c1-27(2,3)35-26(32)29-23-14-21(23)17-7-5-16(6-8-17)15-34-25(31)28-22-12-10-18-13-19(24(30)33-4)9-11-20(18)22/h5-9,11,13,21-23H,10,12,14-15H2,1-4H3,(H,28,31)(H,29,32)/t21-,22-,23+/m0/s1. The van der Waals surface area contributed by atoms with E-state index < -0.39 is 17.8 Å². The molecule has 2 aliphatic carbocycles. The Morgan fingerprint density at radius 1 is 1.00 bits per heavy atom. The van der Waals surface area contributed by atoms with Gasteiger partial charge in [-0.1, -0.05) is 30.3 Å². The molecule has 2 amide bonds. The highest BCUT2D eigenvalue weighted by molar-refractivity contribution is 5.89. The first-order chi connectivity index (χ1) is 16.6. The van der Waals surface area contributed by atoms with Crippen molar-refractivity contribution < 1.29 is 28.6 Å². The van der Waals surface area contributed by atoms with E-state index in [4.69, 9.17) is 14.2 Å². The van der Waals surface area contributed by atoms with Crippen LogP contribution in [0.3, 0.4) is 0 Å². The van der Waals surface area contributed by atoms with Gasteiger partial charge in [-0.25, -0.2) is 14.4 Å². The maximum absolute atomic E-state index is 12.4. The van der Waals surface area contributed by atoms with Crippen LogP contribution in [0.15, 0.2) is 42.5 Å². The number of amides is 2. The van der Waals surface area contributed by atoms with Crippen LogP contribution in [0.2, 0.25) is 0 Å². The molecule has 8 heteroatoms. The number of fused-ring (bicyclic) bond motifs is 1. The van der Waals surface area contributed by atoms with Gasteiger partial charge in [0.2, 0.25) is 0 Å². The fraction of sp³-hybridized carbons (Fsp3) is 0.444. The average molecular weight is 481 g/mol. The SMILES string of the molecule is COC(=O)c1ccc2c(c1)CC[C@@H]2NC(=O)OCc1ccc([C@@H]2C[C@H]2NC(=O)OC(C)(C)C)cc1. The third-order valence-corrected chi connectivity index (χ3v) is 6.20. The highest BCUT2D eigenvalue weighted by Gasteiger charge is 2.40. The summed E-state index contributed by atoms with van der Waals surface area (Å²) in [5.74, 6) is -0.103. The van der Waals surface area contributed by atoms with Crippen LogP contribution >= 0.6 is 0 Å². The number of carbonyl (C=O) groups is 3. The molecule has 186 valence electrons. The lowest BCUT2D eigenvalue weighted by Gasteiger charge is -2.19. The minimum atomic E-state index is -0.516. The van der Waals surface area contributed by atoms with Crippen LogP contribution in [-0.2, 0) is 27.2 Å². The first-order valence-electron chi connectivity index (χ1n) is 11.9. The van der Waals surface area contributed by atoms with Gasteiger partial charge in [-0.2, -0.15) is 0 Å². The molecular weight excluding hydrogens is 448 g/mol. The number of nitrogens with one attached hydrogen (secondary N) is 2. The maximum Gasteiger partial charge on any atom is 0.407 e. The Labute approximate surface area is 205 Å². The number of hydrogen-bond acceptors (Lipinski definition) is 6. The van der Waals surface area contributed by atoms with Crippen LogP contribution in [0.5, 0.6) is 0 Å². The summed E-state index contributed by atoms with van der Waals surface area (Å²) < 4.78 is 15.5. The van der Waals surface area contributed by atoms with Crippen molar-refractivity contribution in [1.82, 2.24) is 10.6 Å². The van der Waals surface area contributed by atoms with Crippen molar-refractivity contribution in [2.75, 3.05) is 7.11 Å². The van der Waals surface area contributed by atoms with E-state index in [1.54, 1.807) is 6.07 Å². The second kappa shape index (κ2) is 9.98. The van der Waals surface area contributed by atoms with Gasteiger partial charge in [0.1, 0.15) is 12.2 Å². The molecule has 4 rings (SSSR count). The molecule has 0 unspecified atom stereocenters. The Morgan fingerprint density at radius 2 is 1.74 bits per heavy atom. The van der Waals surface area contributed by atoms with Gasteiger partial charge in [0.05, 0.1) is 18.7 Å². The zero-order valence-electron chi connectivity index (χ0n) is 20.6. The lowest BCUT2D eigenvalue weighted by atomic mass is 10.0. The van der Waals surface area contributed by atoms with Gasteiger partial charge in [0.25, 0.3) is 0 Å². The van der Waals surface area contributed by atoms with Crippen molar-refractivity contribution in [2.24, 2.45) is 0 Å². The maximum atomic E-state index is 12.4. The molecule has 1 saturated carbocycles. The van der Waals surface area contributed by atoms with Gasteiger partial charge in [0, 0.05) is 12.0 Å². The molecule has 2 aromatic carbocycles. The van der Waals surface area contributed by atoms with E-state index >= 15 is 0 Å². The van der Waals surface area contributed by atoms with Crippen molar-refractivity contribution in [1.29, 1.82) is 0 Å². The Morgan fingerprint density at radius 3 is 2.43 bits per heavy atom. The molecule has 2 N–H and O–H groups in total. The molecule has 3 atom stereocenters. The molecule has 2 aromatic rings. The van der Waals surface area contributed by atoms with Crippen molar-refractivity contribution in [3.05, 3.63) is 70.3 Å². The van der Waals surface area contributed by atoms with E-state index in [2.05, 4.69) is 10.6 Å². The number of ether oxygens (including phenoxy) is 3. The molecule has 8 nitrogen and oxygen atoms in total. The summed E-state index contributed by atoms with van der Waals surface area (Å²) in [5.41, 5.74) is 4.05. The molecule has 0 radical (unpaired) electrons. The average Bonchev–Trinajstić information content (AvgIpc) is 3.46. The molecule has 2 aliphatic rings.